The number of rotatable bonds is 4. The van der Waals surface area contributed by atoms with E-state index in [9.17, 15) is 5.11 Å². The van der Waals surface area contributed by atoms with Crippen LogP contribution in [0.3, 0.4) is 0 Å². The third-order valence-corrected chi connectivity index (χ3v) is 5.16. The van der Waals surface area contributed by atoms with Crippen molar-refractivity contribution in [2.75, 3.05) is 13.7 Å². The maximum absolute atomic E-state index is 10.1. The predicted octanol–water partition coefficient (Wildman–Crippen LogP) is 3.21. The van der Waals surface area contributed by atoms with Gasteiger partial charge in [0, 0.05) is 12.6 Å². The molecule has 0 radical (unpaired) electrons. The SMILES string of the molecule is COc1ccc2c(c1)CCCC2NCC1CCCCC1O. The van der Waals surface area contributed by atoms with Crippen LogP contribution in [0.2, 0.25) is 0 Å². The maximum Gasteiger partial charge on any atom is 0.119 e. The van der Waals surface area contributed by atoms with E-state index in [1.807, 2.05) is 0 Å². The van der Waals surface area contributed by atoms with Crippen LogP contribution in [-0.4, -0.2) is 24.9 Å². The summed E-state index contributed by atoms with van der Waals surface area (Å²) in [4.78, 5) is 0. The summed E-state index contributed by atoms with van der Waals surface area (Å²) in [6.45, 7) is 0.942. The average molecular weight is 289 g/mol. The predicted molar refractivity (Wildman–Crippen MR) is 84.6 cm³/mol. The minimum absolute atomic E-state index is 0.106. The molecule has 0 saturated heterocycles. The first-order valence-corrected chi connectivity index (χ1v) is 8.36. The van der Waals surface area contributed by atoms with Crippen LogP contribution in [-0.2, 0) is 6.42 Å². The molecule has 2 aliphatic rings. The molecular formula is C18H27NO2. The highest BCUT2D eigenvalue weighted by molar-refractivity contribution is 5.39. The van der Waals surface area contributed by atoms with E-state index in [1.54, 1.807) is 7.11 Å². The topological polar surface area (TPSA) is 41.5 Å². The van der Waals surface area contributed by atoms with Gasteiger partial charge in [-0.15, -0.1) is 0 Å². The summed E-state index contributed by atoms with van der Waals surface area (Å²) in [5, 5.41) is 13.8. The first-order chi connectivity index (χ1) is 10.3. The molecule has 3 rings (SSSR count). The molecule has 3 nitrogen and oxygen atoms in total. The van der Waals surface area contributed by atoms with E-state index in [0.717, 1.165) is 31.6 Å². The summed E-state index contributed by atoms with van der Waals surface area (Å²) in [6, 6.07) is 6.89. The van der Waals surface area contributed by atoms with Gasteiger partial charge < -0.3 is 15.2 Å². The second-order valence-electron chi connectivity index (χ2n) is 6.53. The Morgan fingerprint density at radius 1 is 1.19 bits per heavy atom. The zero-order valence-electron chi connectivity index (χ0n) is 13.0. The molecule has 0 aliphatic heterocycles. The molecule has 21 heavy (non-hydrogen) atoms. The van der Waals surface area contributed by atoms with E-state index in [4.69, 9.17) is 4.74 Å². The lowest BCUT2D eigenvalue weighted by Gasteiger charge is -2.32. The number of aliphatic hydroxyl groups is 1. The summed E-state index contributed by atoms with van der Waals surface area (Å²) in [6.07, 6.45) is 8.06. The van der Waals surface area contributed by atoms with Crippen molar-refractivity contribution >= 4 is 0 Å². The normalized spacial score (nSPS) is 29.0. The highest BCUT2D eigenvalue weighted by atomic mass is 16.5. The molecular weight excluding hydrogens is 262 g/mol. The standard InChI is InChI=1S/C18H27NO2/c1-21-15-9-10-16-13(11-15)6-4-7-17(16)19-12-14-5-2-3-8-18(14)20/h9-11,14,17-20H,2-8,12H2,1H3. The maximum atomic E-state index is 10.1. The van der Waals surface area contributed by atoms with E-state index < -0.39 is 0 Å². The second kappa shape index (κ2) is 6.80. The van der Waals surface area contributed by atoms with E-state index >= 15 is 0 Å². The Morgan fingerprint density at radius 2 is 2.05 bits per heavy atom. The van der Waals surface area contributed by atoms with Crippen LogP contribution in [0.15, 0.2) is 18.2 Å². The fourth-order valence-electron chi connectivity index (χ4n) is 3.85. The Hall–Kier alpha value is -1.06. The lowest BCUT2D eigenvalue weighted by molar-refractivity contribution is 0.0677. The van der Waals surface area contributed by atoms with Gasteiger partial charge in [-0.3, -0.25) is 0 Å². The number of hydrogen-bond acceptors (Lipinski definition) is 3. The number of fused-ring (bicyclic) bond motifs is 1. The van der Waals surface area contributed by atoms with Crippen LogP contribution in [0.25, 0.3) is 0 Å². The van der Waals surface area contributed by atoms with Crippen molar-refractivity contribution in [3.63, 3.8) is 0 Å². The molecule has 0 spiro atoms. The number of benzene rings is 1. The van der Waals surface area contributed by atoms with E-state index in [-0.39, 0.29) is 6.10 Å². The summed E-state index contributed by atoms with van der Waals surface area (Å²) >= 11 is 0. The van der Waals surface area contributed by atoms with Crippen LogP contribution < -0.4 is 10.1 Å². The lowest BCUT2D eigenvalue weighted by Crippen LogP contribution is -2.36. The van der Waals surface area contributed by atoms with E-state index in [1.165, 1.54) is 36.8 Å². The van der Waals surface area contributed by atoms with Crippen molar-refractivity contribution in [3.05, 3.63) is 29.3 Å². The summed E-state index contributed by atoms with van der Waals surface area (Å²) in [5.41, 5.74) is 2.84. The highest BCUT2D eigenvalue weighted by Crippen LogP contribution is 2.33. The van der Waals surface area contributed by atoms with Gasteiger partial charge in [0.15, 0.2) is 0 Å². The summed E-state index contributed by atoms with van der Waals surface area (Å²) < 4.78 is 5.33. The van der Waals surface area contributed by atoms with Crippen molar-refractivity contribution in [1.82, 2.24) is 5.32 Å². The van der Waals surface area contributed by atoms with Crippen molar-refractivity contribution < 1.29 is 9.84 Å². The Kier molecular flexibility index (Phi) is 4.81. The van der Waals surface area contributed by atoms with Gasteiger partial charge in [0.25, 0.3) is 0 Å². The van der Waals surface area contributed by atoms with E-state index in [2.05, 4.69) is 23.5 Å². The largest absolute Gasteiger partial charge is 0.497 e. The number of methoxy groups -OCH3 is 1. The molecule has 0 bridgehead atoms. The van der Waals surface area contributed by atoms with E-state index in [0.29, 0.717) is 12.0 Å². The quantitative estimate of drug-likeness (QED) is 0.894. The van der Waals surface area contributed by atoms with Crippen LogP contribution in [0, 0.1) is 5.92 Å². The number of ether oxygens (including phenoxy) is 1. The van der Waals surface area contributed by atoms with Crippen molar-refractivity contribution in [2.45, 2.75) is 57.1 Å². The molecule has 0 amide bonds. The zero-order chi connectivity index (χ0) is 14.7. The number of aliphatic hydroxyl groups excluding tert-OH is 1. The molecule has 0 aromatic heterocycles. The van der Waals surface area contributed by atoms with Gasteiger partial charge in [0.05, 0.1) is 13.2 Å². The van der Waals surface area contributed by atoms with Crippen molar-refractivity contribution in [2.24, 2.45) is 5.92 Å². The summed E-state index contributed by atoms with van der Waals surface area (Å²) in [7, 11) is 1.73. The molecule has 1 saturated carbocycles. The monoisotopic (exact) mass is 289 g/mol. The minimum Gasteiger partial charge on any atom is -0.497 e. The average Bonchev–Trinajstić information content (AvgIpc) is 2.53. The lowest BCUT2D eigenvalue weighted by atomic mass is 9.84. The van der Waals surface area contributed by atoms with Gasteiger partial charge in [-0.1, -0.05) is 18.9 Å². The molecule has 2 aliphatic carbocycles. The van der Waals surface area contributed by atoms with Gasteiger partial charge in [0.2, 0.25) is 0 Å². The molecule has 1 aromatic carbocycles. The summed E-state index contributed by atoms with van der Waals surface area (Å²) in [5.74, 6) is 1.39. The molecule has 3 atom stereocenters. The Labute approximate surface area is 127 Å². The zero-order valence-corrected chi connectivity index (χ0v) is 13.0. The molecule has 116 valence electrons. The number of nitrogens with one attached hydrogen (secondary N) is 1. The van der Waals surface area contributed by atoms with Crippen LogP contribution >= 0.6 is 0 Å². The Morgan fingerprint density at radius 3 is 2.86 bits per heavy atom. The minimum atomic E-state index is -0.106. The smallest absolute Gasteiger partial charge is 0.119 e. The number of aryl methyl sites for hydroxylation is 1. The Bertz CT molecular complexity index is 474. The molecule has 1 fully saturated rings. The first kappa shape index (κ1) is 14.9. The van der Waals surface area contributed by atoms with Crippen LogP contribution in [0.4, 0.5) is 0 Å². The fourth-order valence-corrected chi connectivity index (χ4v) is 3.85. The van der Waals surface area contributed by atoms with Crippen LogP contribution in [0.5, 0.6) is 5.75 Å². The van der Waals surface area contributed by atoms with Gasteiger partial charge in [0.1, 0.15) is 5.75 Å². The molecule has 2 N–H and O–H groups in total. The third-order valence-electron chi connectivity index (χ3n) is 5.16. The van der Waals surface area contributed by atoms with Gasteiger partial charge >= 0.3 is 0 Å². The van der Waals surface area contributed by atoms with Crippen molar-refractivity contribution in [3.8, 4) is 5.75 Å². The highest BCUT2D eigenvalue weighted by Gasteiger charge is 2.25. The van der Waals surface area contributed by atoms with Gasteiger partial charge in [-0.05, 0) is 61.3 Å². The van der Waals surface area contributed by atoms with Crippen LogP contribution in [0.1, 0.15) is 55.7 Å². The first-order valence-electron chi connectivity index (χ1n) is 8.36. The molecule has 1 aromatic rings. The molecule has 0 heterocycles. The number of hydrogen-bond donors (Lipinski definition) is 2. The van der Waals surface area contributed by atoms with Gasteiger partial charge in [-0.2, -0.15) is 0 Å². The van der Waals surface area contributed by atoms with Gasteiger partial charge in [-0.25, -0.2) is 0 Å². The second-order valence-corrected chi connectivity index (χ2v) is 6.53. The Balaban J connectivity index is 1.65. The fraction of sp³-hybridized carbons (Fsp3) is 0.667. The molecule has 3 heteroatoms. The van der Waals surface area contributed by atoms with Crippen molar-refractivity contribution in [1.29, 1.82) is 0 Å². The third kappa shape index (κ3) is 3.41. The molecule has 3 unspecified atom stereocenters.